The van der Waals surface area contributed by atoms with E-state index in [-0.39, 0.29) is 0 Å². The van der Waals surface area contributed by atoms with E-state index in [1.165, 1.54) is 0 Å². The summed E-state index contributed by atoms with van der Waals surface area (Å²) in [7, 11) is 0. The van der Waals surface area contributed by atoms with E-state index in [2.05, 4.69) is 20.3 Å². The number of alkyl halides is 1. The van der Waals surface area contributed by atoms with Gasteiger partial charge in [-0.15, -0.1) is 0 Å². The summed E-state index contributed by atoms with van der Waals surface area (Å²) in [5.41, 5.74) is 8.63. The van der Waals surface area contributed by atoms with Gasteiger partial charge in [-0.25, -0.2) is 0 Å². The fourth-order valence-electron chi connectivity index (χ4n) is 1.42. The highest BCUT2D eigenvalue weighted by Crippen LogP contribution is 2.28. The van der Waals surface area contributed by atoms with Crippen molar-refractivity contribution in [2.75, 3.05) is 13.1 Å². The van der Waals surface area contributed by atoms with E-state index in [1.54, 1.807) is 12.1 Å². The highest BCUT2D eigenvalue weighted by Gasteiger charge is 2.36. The Balaban J connectivity index is 2.26. The SMILES string of the molecule is [N-]=[N+]=NC(I)(Oc1ccccc1)C1=NCCN1. The van der Waals surface area contributed by atoms with E-state index in [0.717, 1.165) is 6.54 Å². The van der Waals surface area contributed by atoms with Crippen molar-refractivity contribution in [3.63, 3.8) is 0 Å². The predicted molar refractivity (Wildman–Crippen MR) is 73.3 cm³/mol. The zero-order valence-corrected chi connectivity index (χ0v) is 11.0. The molecule has 1 aliphatic rings. The van der Waals surface area contributed by atoms with Crippen LogP contribution in [0.2, 0.25) is 0 Å². The van der Waals surface area contributed by atoms with Gasteiger partial charge in [0.15, 0.2) is 5.84 Å². The van der Waals surface area contributed by atoms with Gasteiger partial charge in [-0.1, -0.05) is 18.2 Å². The number of halogens is 1. The van der Waals surface area contributed by atoms with Crippen LogP contribution in [0.25, 0.3) is 10.4 Å². The van der Waals surface area contributed by atoms with E-state index in [1.807, 2.05) is 40.8 Å². The second-order valence-corrected chi connectivity index (χ2v) is 4.79. The summed E-state index contributed by atoms with van der Waals surface area (Å²) in [5.74, 6) is 1.19. The molecule has 7 heteroatoms. The summed E-state index contributed by atoms with van der Waals surface area (Å²) < 4.78 is 4.55. The number of para-hydroxylation sites is 1. The maximum atomic E-state index is 8.63. The average molecular weight is 343 g/mol. The third-order valence-corrected chi connectivity index (χ3v) is 3.08. The Hall–Kier alpha value is -1.47. The number of azide groups is 1. The van der Waals surface area contributed by atoms with Crippen LogP contribution in [0.15, 0.2) is 40.4 Å². The lowest BCUT2D eigenvalue weighted by Gasteiger charge is -2.23. The summed E-state index contributed by atoms with van der Waals surface area (Å²) >= 11 is 1.94. The molecule has 1 aromatic rings. The molecule has 0 spiro atoms. The van der Waals surface area contributed by atoms with Crippen LogP contribution in [0.5, 0.6) is 5.75 Å². The minimum absolute atomic E-state index is 0.555. The molecule has 1 unspecified atom stereocenters. The van der Waals surface area contributed by atoms with Gasteiger partial charge in [-0.3, -0.25) is 4.99 Å². The Morgan fingerprint density at radius 1 is 1.47 bits per heavy atom. The Labute approximate surface area is 112 Å². The molecular weight excluding hydrogens is 333 g/mol. The van der Waals surface area contributed by atoms with Crippen molar-refractivity contribution in [2.24, 2.45) is 10.1 Å². The lowest BCUT2D eigenvalue weighted by Crippen LogP contribution is -2.42. The highest BCUT2D eigenvalue weighted by atomic mass is 127. The molecule has 0 aromatic heterocycles. The number of amidine groups is 1. The molecular formula is C10H10IN5O. The van der Waals surface area contributed by atoms with Gasteiger partial charge < -0.3 is 10.1 Å². The van der Waals surface area contributed by atoms with Gasteiger partial charge in [0.05, 0.1) is 6.54 Å². The third-order valence-electron chi connectivity index (χ3n) is 2.14. The van der Waals surface area contributed by atoms with Crippen LogP contribution in [0, 0.1) is 0 Å². The first-order valence-corrected chi connectivity index (χ1v) is 6.10. The molecule has 1 aliphatic heterocycles. The molecule has 88 valence electrons. The van der Waals surface area contributed by atoms with Gasteiger partial charge in [0, 0.05) is 11.5 Å². The molecule has 0 saturated carbocycles. The summed E-state index contributed by atoms with van der Waals surface area (Å²) in [6.45, 7) is 1.40. The number of hydrogen-bond donors (Lipinski definition) is 1. The summed E-state index contributed by atoms with van der Waals surface area (Å²) in [5, 5.41) is 6.74. The third kappa shape index (κ3) is 2.80. The van der Waals surface area contributed by atoms with Gasteiger partial charge in [0.2, 0.25) is 0 Å². The fraction of sp³-hybridized carbons (Fsp3) is 0.300. The quantitative estimate of drug-likeness (QED) is 0.228. The topological polar surface area (TPSA) is 82.4 Å². The van der Waals surface area contributed by atoms with Crippen molar-refractivity contribution >= 4 is 28.4 Å². The van der Waals surface area contributed by atoms with Crippen LogP contribution in [-0.2, 0) is 0 Å². The second-order valence-electron chi connectivity index (χ2n) is 3.32. The minimum atomic E-state index is -1.15. The van der Waals surface area contributed by atoms with Crippen LogP contribution in [0.1, 0.15) is 0 Å². The Bertz CT molecular complexity index is 471. The standard InChI is InChI=1S/C10H10IN5O/c11-10(15-16-12,9-13-6-7-14-9)17-8-4-2-1-3-5-8/h1-5H,6-7H2,(H,13,14). The molecule has 0 saturated heterocycles. The Kier molecular flexibility index (Phi) is 3.70. The maximum absolute atomic E-state index is 8.63. The van der Waals surface area contributed by atoms with Crippen molar-refractivity contribution in [1.82, 2.24) is 5.32 Å². The van der Waals surface area contributed by atoms with E-state index in [0.29, 0.717) is 18.1 Å². The number of rotatable bonds is 4. The van der Waals surface area contributed by atoms with Gasteiger partial charge in [-0.2, -0.15) is 0 Å². The molecule has 17 heavy (non-hydrogen) atoms. The van der Waals surface area contributed by atoms with Crippen LogP contribution in [0.3, 0.4) is 0 Å². The van der Waals surface area contributed by atoms with Gasteiger partial charge in [0.1, 0.15) is 5.75 Å². The van der Waals surface area contributed by atoms with E-state index >= 15 is 0 Å². The van der Waals surface area contributed by atoms with Gasteiger partial charge in [0.25, 0.3) is 3.73 Å². The maximum Gasteiger partial charge on any atom is 0.292 e. The van der Waals surface area contributed by atoms with Crippen molar-refractivity contribution < 1.29 is 4.74 Å². The highest BCUT2D eigenvalue weighted by molar-refractivity contribution is 14.1. The van der Waals surface area contributed by atoms with E-state index < -0.39 is 3.73 Å². The molecule has 1 heterocycles. The van der Waals surface area contributed by atoms with Crippen molar-refractivity contribution in [3.8, 4) is 5.75 Å². The zero-order chi connectivity index (χ0) is 12.1. The minimum Gasteiger partial charge on any atom is -0.463 e. The van der Waals surface area contributed by atoms with Crippen LogP contribution < -0.4 is 10.1 Å². The molecule has 0 bridgehead atoms. The summed E-state index contributed by atoms with van der Waals surface area (Å²) in [4.78, 5) is 7.05. The molecule has 1 N–H and O–H groups in total. The first-order valence-electron chi connectivity index (χ1n) is 5.02. The average Bonchev–Trinajstić information content (AvgIpc) is 2.84. The number of nitrogens with one attached hydrogen (secondary N) is 1. The van der Waals surface area contributed by atoms with Crippen molar-refractivity contribution in [2.45, 2.75) is 3.73 Å². The molecule has 6 nitrogen and oxygen atoms in total. The van der Waals surface area contributed by atoms with Gasteiger partial charge >= 0.3 is 0 Å². The zero-order valence-electron chi connectivity index (χ0n) is 8.88. The lowest BCUT2D eigenvalue weighted by atomic mass is 10.3. The van der Waals surface area contributed by atoms with Crippen molar-refractivity contribution in [1.29, 1.82) is 0 Å². The fourth-order valence-corrected chi connectivity index (χ4v) is 2.13. The second kappa shape index (κ2) is 5.24. The van der Waals surface area contributed by atoms with Crippen LogP contribution in [0.4, 0.5) is 0 Å². The molecule has 1 aromatic carbocycles. The molecule has 0 aliphatic carbocycles. The van der Waals surface area contributed by atoms with Crippen molar-refractivity contribution in [3.05, 3.63) is 40.8 Å². The van der Waals surface area contributed by atoms with Gasteiger partial charge in [-0.05, 0) is 45.4 Å². The lowest BCUT2D eigenvalue weighted by molar-refractivity contribution is 0.256. The molecule has 0 amide bonds. The molecule has 2 rings (SSSR count). The molecule has 0 fully saturated rings. The largest absolute Gasteiger partial charge is 0.463 e. The monoisotopic (exact) mass is 343 g/mol. The number of nitrogens with zero attached hydrogens (tertiary/aromatic N) is 4. The Morgan fingerprint density at radius 3 is 2.82 bits per heavy atom. The molecule has 1 atom stereocenters. The van der Waals surface area contributed by atoms with Crippen LogP contribution in [-0.4, -0.2) is 22.7 Å². The van der Waals surface area contributed by atoms with E-state index in [4.69, 9.17) is 10.3 Å². The van der Waals surface area contributed by atoms with E-state index in [9.17, 15) is 0 Å². The number of aliphatic imine (C=N–C) groups is 1. The first kappa shape index (κ1) is 12.0. The summed E-state index contributed by atoms with van der Waals surface area (Å²) in [6.07, 6.45) is 0. The number of benzene rings is 1. The number of hydrogen-bond acceptors (Lipinski definition) is 4. The summed E-state index contributed by atoms with van der Waals surface area (Å²) in [6, 6.07) is 9.20. The van der Waals surface area contributed by atoms with Crippen LogP contribution >= 0.6 is 22.6 Å². The molecule has 0 radical (unpaired) electrons. The predicted octanol–water partition coefficient (Wildman–Crippen LogP) is 2.47. The first-order chi connectivity index (χ1) is 8.24. The smallest absolute Gasteiger partial charge is 0.292 e. The normalized spacial score (nSPS) is 17.4. The Morgan fingerprint density at radius 2 is 2.24 bits per heavy atom. The number of ether oxygens (including phenoxy) is 1.